The van der Waals surface area contributed by atoms with Gasteiger partial charge in [0.2, 0.25) is 22.8 Å². The Balaban J connectivity index is 0.000000167. The highest BCUT2D eigenvalue weighted by molar-refractivity contribution is 9.10. The normalized spacial score (nSPS) is 11.1. The minimum absolute atomic E-state index is 0.0354. The number of rotatable bonds is 28. The van der Waals surface area contributed by atoms with Gasteiger partial charge in [0.15, 0.2) is 0 Å². The van der Waals surface area contributed by atoms with Crippen molar-refractivity contribution < 1.29 is 134 Å². The number of aromatic carboxylic acids is 2. The molecule has 0 unspecified atom stereocenters. The molecule has 697 valence electrons. The first-order valence-electron chi connectivity index (χ1n) is 39.5. The number of methoxy groups -OCH3 is 3. The Hall–Kier alpha value is -16.1. The maximum Gasteiger partial charge on any atom is 0.569 e. The molecule has 0 aliphatic rings. The van der Waals surface area contributed by atoms with E-state index in [1.165, 1.54) is 50.4 Å². The second-order valence-electron chi connectivity index (χ2n) is 27.7. The second-order valence-corrected chi connectivity index (χ2v) is 28.6. The molecule has 135 heavy (non-hydrogen) atoms. The summed E-state index contributed by atoms with van der Waals surface area (Å²) >= 11 is 3.38. The molecule has 4 N–H and O–H groups in total. The summed E-state index contributed by atoms with van der Waals surface area (Å²) in [5.41, 5.74) is 2.94. The number of carbonyl (C=O) groups excluding carboxylic acids is 2. The van der Waals surface area contributed by atoms with Crippen molar-refractivity contribution in [3.8, 4) is 103 Å². The van der Waals surface area contributed by atoms with Crippen molar-refractivity contribution in [1.29, 1.82) is 0 Å². The molecule has 4 heterocycles. The molecular weight excluding hydrogens is 1860 g/mol. The van der Waals surface area contributed by atoms with Crippen LogP contribution in [0.1, 0.15) is 94.7 Å². The SMILES string of the molecule is CCOC(=O)c1nnn(Cc2ccc(OC)cc2)c1Oc1ccc(-c2ccc(C(F)(F)F)cc2)cc1.CCOC(=O)c1nnn(Cc2ccc(OC)cc2)c1Oc1ccc(Br)cc1.COc1ccc(Cn2nnc(C(=O)O)c2Oc2ccc(-c3ccc(C(F)(F)F)cc3)cc2)cc1.O=C(O)c1[nH]nnc1Oc1ccc(-c2ccc(C(F)(F)F)cc2)cc1.O[B]Oc1ccc(C(F)(F)F)cc1. The van der Waals surface area contributed by atoms with E-state index in [1.807, 2.05) is 60.7 Å². The zero-order chi connectivity index (χ0) is 97.2. The van der Waals surface area contributed by atoms with E-state index in [-0.39, 0.29) is 78.3 Å². The summed E-state index contributed by atoms with van der Waals surface area (Å²) in [6.07, 6.45) is -17.5. The third-order valence-electron chi connectivity index (χ3n) is 18.7. The number of nitrogens with one attached hydrogen (secondary N) is 1. The molecule has 0 amide bonds. The number of hydrogen-bond donors (Lipinski definition) is 4. The number of ether oxygens (including phenoxy) is 9. The number of aromatic nitrogens is 12. The van der Waals surface area contributed by atoms with Crippen molar-refractivity contribution in [2.24, 2.45) is 0 Å². The van der Waals surface area contributed by atoms with Crippen LogP contribution in [-0.2, 0) is 53.8 Å². The molecule has 43 heteroatoms. The molecule has 0 aliphatic heterocycles. The van der Waals surface area contributed by atoms with Gasteiger partial charge in [-0.2, -0.15) is 52.7 Å². The van der Waals surface area contributed by atoms with Crippen LogP contribution in [0.25, 0.3) is 33.4 Å². The quantitative estimate of drug-likeness (QED) is 0.0201. The predicted octanol–water partition coefficient (Wildman–Crippen LogP) is 21.2. The number of carboxylic acid groups (broad SMARTS) is 2. The average molecular weight is 1940 g/mol. The van der Waals surface area contributed by atoms with Crippen LogP contribution in [0.5, 0.6) is 69.5 Å². The van der Waals surface area contributed by atoms with Crippen molar-refractivity contribution >= 4 is 47.5 Å². The van der Waals surface area contributed by atoms with E-state index in [1.54, 1.807) is 144 Å². The second kappa shape index (κ2) is 45.7. The van der Waals surface area contributed by atoms with E-state index in [0.717, 1.165) is 87.6 Å². The zero-order valence-corrected chi connectivity index (χ0v) is 72.5. The molecule has 0 spiro atoms. The van der Waals surface area contributed by atoms with E-state index in [9.17, 15) is 77.0 Å². The molecule has 0 saturated heterocycles. The summed E-state index contributed by atoms with van der Waals surface area (Å²) < 4.78 is 209. The highest BCUT2D eigenvalue weighted by Crippen LogP contribution is 2.39. The lowest BCUT2D eigenvalue weighted by atomic mass is 10.0. The van der Waals surface area contributed by atoms with Crippen LogP contribution in [0.3, 0.4) is 0 Å². The van der Waals surface area contributed by atoms with Crippen LogP contribution in [0.4, 0.5) is 52.7 Å². The van der Waals surface area contributed by atoms with Crippen LogP contribution in [0.2, 0.25) is 0 Å². The number of carboxylic acids is 2. The van der Waals surface area contributed by atoms with Crippen molar-refractivity contribution in [2.45, 2.75) is 58.2 Å². The summed E-state index contributed by atoms with van der Waals surface area (Å²) in [5.74, 6) is 0.149. The molecule has 0 bridgehead atoms. The highest BCUT2D eigenvalue weighted by Gasteiger charge is 2.34. The van der Waals surface area contributed by atoms with E-state index >= 15 is 0 Å². The predicted molar refractivity (Wildman–Crippen MR) is 464 cm³/mol. The summed E-state index contributed by atoms with van der Waals surface area (Å²) in [5, 5.41) is 59.3. The van der Waals surface area contributed by atoms with Crippen molar-refractivity contribution in [2.75, 3.05) is 34.5 Å². The number of benzene rings is 11. The van der Waals surface area contributed by atoms with Gasteiger partial charge in [-0.1, -0.05) is 151 Å². The number of carbonyl (C=O) groups is 4. The third kappa shape index (κ3) is 28.0. The van der Waals surface area contributed by atoms with Gasteiger partial charge in [0, 0.05) is 4.47 Å². The summed E-state index contributed by atoms with van der Waals surface area (Å²) in [6.45, 7) is 4.67. The Labute approximate surface area is 767 Å². The molecular formula is C92H73BBrF12N12O17. The van der Waals surface area contributed by atoms with Gasteiger partial charge in [0.05, 0.1) is 76.4 Å². The molecule has 11 aromatic carbocycles. The number of alkyl halides is 12. The molecule has 4 aromatic heterocycles. The number of H-pyrrole nitrogens is 1. The maximum atomic E-state index is 12.8. The summed E-state index contributed by atoms with van der Waals surface area (Å²) in [4.78, 5) is 47.2. The molecule has 0 fully saturated rings. The topological polar surface area (TPSA) is 355 Å². The molecule has 1 radical (unpaired) electrons. The Morgan fingerprint density at radius 3 is 0.881 bits per heavy atom. The monoisotopic (exact) mass is 1940 g/mol. The number of halogens is 13. The Morgan fingerprint density at radius 2 is 0.607 bits per heavy atom. The first-order chi connectivity index (χ1) is 64.5. The fourth-order valence-corrected chi connectivity index (χ4v) is 12.2. The van der Waals surface area contributed by atoms with Gasteiger partial charge in [-0.3, -0.25) is 0 Å². The minimum Gasteiger partial charge on any atom is -0.537 e. The van der Waals surface area contributed by atoms with Crippen LogP contribution < -0.4 is 37.8 Å². The fraction of sp³-hybridized carbons (Fsp3) is 0.152. The molecule has 0 aliphatic carbocycles. The fourth-order valence-electron chi connectivity index (χ4n) is 11.9. The lowest BCUT2D eigenvalue weighted by Crippen LogP contribution is -2.09. The Bertz CT molecular complexity index is 6410. The van der Waals surface area contributed by atoms with Crippen LogP contribution in [0.15, 0.2) is 271 Å². The molecule has 0 saturated carbocycles. The van der Waals surface area contributed by atoms with E-state index in [4.69, 9.17) is 52.8 Å². The van der Waals surface area contributed by atoms with E-state index in [2.05, 4.69) is 66.9 Å². The van der Waals surface area contributed by atoms with E-state index < -0.39 is 70.8 Å². The van der Waals surface area contributed by atoms with Crippen molar-refractivity contribution in [3.63, 3.8) is 0 Å². The number of nitrogens with zero attached hydrogens (tertiary/aromatic N) is 11. The molecule has 15 rings (SSSR count). The number of esters is 2. The van der Waals surface area contributed by atoms with Crippen molar-refractivity contribution in [3.05, 3.63) is 333 Å². The van der Waals surface area contributed by atoms with Gasteiger partial charge < -0.3 is 62.5 Å². The van der Waals surface area contributed by atoms with E-state index in [0.29, 0.717) is 82.1 Å². The Morgan fingerprint density at radius 1 is 0.348 bits per heavy atom. The number of aromatic amines is 1. The molecule has 29 nitrogen and oxygen atoms in total. The lowest BCUT2D eigenvalue weighted by molar-refractivity contribution is -0.138. The highest BCUT2D eigenvalue weighted by atomic mass is 79.9. The standard InChI is InChI=1S/C26H22F3N3O4.C24H18F3N3O4.C19H18BrN3O4.C16H10F3N3O3.C7H5BF3O2/c1-3-35-25(33)23-24(32(31-30-23)16-17-4-12-21(34-2)13-5-17)36-22-14-8-19(9-15-22)18-6-10-20(11-7-18)26(27,28)29;1-33-19-10-2-15(3-11-19)14-30-22(21(23(31)32)28-29-30)34-20-12-6-17(7-13-20)16-4-8-18(9-5-16)24(25,26)27;1-3-26-19(24)17-18(27-16-10-6-14(20)7-11-16)23(22-21-17)12-13-4-8-15(25-2)9-5-13;17-16(18,19)11-5-1-9(2-6-11)10-3-7-12(8-4-10)25-14-13(15(23)24)20-22-21-14;9-7(10,11)5-1-3-6(4-2-5)13-8-12/h4-15H,3,16H2,1-2H3;2-13H,14H2,1H3,(H,31,32);4-11H,3,12H2,1-2H3;1-8H,(H,23,24)(H,20,21,22);1-4,12H. The van der Waals surface area contributed by atoms with Gasteiger partial charge in [0.25, 0.3) is 23.5 Å². The minimum atomic E-state index is -4.40. The van der Waals surface area contributed by atoms with Gasteiger partial charge >= 0.3 is 56.3 Å². The molecule has 0 atom stereocenters. The first kappa shape index (κ1) is 99.5. The van der Waals surface area contributed by atoms with Crippen molar-refractivity contribution in [1.82, 2.24) is 60.4 Å². The van der Waals surface area contributed by atoms with Gasteiger partial charge in [-0.05, 0) is 222 Å². The van der Waals surface area contributed by atoms with Gasteiger partial charge in [-0.25, -0.2) is 38.3 Å². The average Bonchev–Trinajstić information content (AvgIpc) is 1.71. The van der Waals surface area contributed by atoms with Crippen LogP contribution >= 0.6 is 15.9 Å². The third-order valence-corrected chi connectivity index (χ3v) is 19.2. The zero-order valence-electron chi connectivity index (χ0n) is 70.9. The summed E-state index contributed by atoms with van der Waals surface area (Å²) in [7, 11) is 5.15. The summed E-state index contributed by atoms with van der Waals surface area (Å²) in [6, 6.07) is 67.3. The number of hydrogen-bond acceptors (Lipinski definition) is 23. The largest absolute Gasteiger partial charge is 0.569 e. The lowest BCUT2D eigenvalue weighted by Gasteiger charge is -2.11. The smallest absolute Gasteiger partial charge is 0.537 e. The van der Waals surface area contributed by atoms with Crippen LogP contribution in [-0.4, -0.2) is 142 Å². The maximum absolute atomic E-state index is 12.8. The Kier molecular flexibility index (Phi) is 33.6. The first-order valence-corrected chi connectivity index (χ1v) is 40.3. The molecule has 15 aromatic rings. The van der Waals surface area contributed by atoms with Gasteiger partial charge in [0.1, 0.15) is 46.0 Å². The van der Waals surface area contributed by atoms with Gasteiger partial charge in [-0.15, -0.1) is 15.3 Å². The van der Waals surface area contributed by atoms with Crippen LogP contribution in [0, 0.1) is 0 Å².